The quantitative estimate of drug-likeness (QED) is 0.550. The number of unbranched alkanes of at least 4 members (excludes halogenated alkanes) is 1. The summed E-state index contributed by atoms with van der Waals surface area (Å²) < 4.78 is 25.0. The largest absolute Gasteiger partial charge is 0.369 e. The van der Waals surface area contributed by atoms with Crippen LogP contribution in [0.1, 0.15) is 19.3 Å². The van der Waals surface area contributed by atoms with Crippen molar-refractivity contribution in [3.05, 3.63) is 0 Å². The maximum absolute atomic E-state index is 11.8. The molecule has 0 radical (unpaired) electrons. The van der Waals surface area contributed by atoms with Gasteiger partial charge in [-0.2, -0.15) is 0 Å². The number of rotatable bonds is 6. The molecule has 5 nitrogen and oxygen atoms in total. The predicted octanol–water partition coefficient (Wildman–Crippen LogP) is 0.142. The van der Waals surface area contributed by atoms with E-state index in [0.717, 1.165) is 0 Å². The van der Waals surface area contributed by atoms with Gasteiger partial charge in [0.2, 0.25) is 15.9 Å². The molecule has 0 spiro atoms. The lowest BCUT2D eigenvalue weighted by Crippen LogP contribution is -2.33. The predicted molar refractivity (Wildman–Crippen MR) is 62.6 cm³/mol. The van der Waals surface area contributed by atoms with Gasteiger partial charge in [-0.15, -0.1) is 11.6 Å². The number of primary amides is 1. The van der Waals surface area contributed by atoms with Crippen LogP contribution >= 0.6 is 11.6 Å². The number of amides is 1. The first kappa shape index (κ1) is 13.7. The molecule has 0 aromatic carbocycles. The van der Waals surface area contributed by atoms with Gasteiger partial charge >= 0.3 is 0 Å². The van der Waals surface area contributed by atoms with Crippen molar-refractivity contribution in [1.82, 2.24) is 4.31 Å². The van der Waals surface area contributed by atoms with E-state index in [2.05, 4.69) is 0 Å². The molecule has 16 heavy (non-hydrogen) atoms. The lowest BCUT2D eigenvalue weighted by atomic mass is 10.1. The summed E-state index contributed by atoms with van der Waals surface area (Å²) >= 11 is 5.49. The lowest BCUT2D eigenvalue weighted by molar-refractivity contribution is -0.121. The van der Waals surface area contributed by atoms with Gasteiger partial charge in [-0.05, 0) is 19.3 Å². The minimum absolute atomic E-state index is 0.102. The third-order valence-electron chi connectivity index (χ3n) is 2.73. The Kier molecular flexibility index (Phi) is 5.01. The summed E-state index contributed by atoms with van der Waals surface area (Å²) in [6, 6.07) is 0. The normalized spacial score (nSPS) is 22.4. The van der Waals surface area contributed by atoms with Gasteiger partial charge in [0, 0.05) is 19.0 Å². The Morgan fingerprint density at radius 2 is 2.12 bits per heavy atom. The summed E-state index contributed by atoms with van der Waals surface area (Å²) in [5.41, 5.74) is 5.15. The van der Waals surface area contributed by atoms with E-state index < -0.39 is 15.9 Å². The number of nitrogens with two attached hydrogens (primary N) is 1. The van der Waals surface area contributed by atoms with Gasteiger partial charge in [-0.1, -0.05) is 0 Å². The molecule has 1 amide bonds. The highest BCUT2D eigenvalue weighted by atomic mass is 35.5. The van der Waals surface area contributed by atoms with E-state index in [-0.39, 0.29) is 18.2 Å². The van der Waals surface area contributed by atoms with Crippen LogP contribution in [-0.2, 0) is 14.8 Å². The van der Waals surface area contributed by atoms with Gasteiger partial charge in [0.25, 0.3) is 0 Å². The lowest BCUT2D eigenvalue weighted by Gasteiger charge is -2.15. The second-order valence-corrected chi connectivity index (χ2v) is 6.42. The fourth-order valence-corrected chi connectivity index (χ4v) is 3.53. The van der Waals surface area contributed by atoms with E-state index in [4.69, 9.17) is 17.3 Å². The van der Waals surface area contributed by atoms with Crippen molar-refractivity contribution in [3.63, 3.8) is 0 Å². The van der Waals surface area contributed by atoms with Crippen molar-refractivity contribution in [2.24, 2.45) is 11.7 Å². The highest BCUT2D eigenvalue weighted by Crippen LogP contribution is 2.19. The van der Waals surface area contributed by atoms with Crippen molar-refractivity contribution < 1.29 is 13.2 Å². The smallest absolute Gasteiger partial charge is 0.221 e. The van der Waals surface area contributed by atoms with E-state index in [1.54, 1.807) is 0 Å². The molecule has 2 N–H and O–H groups in total. The first-order chi connectivity index (χ1) is 7.47. The second kappa shape index (κ2) is 5.84. The molecule has 0 aromatic heterocycles. The van der Waals surface area contributed by atoms with Crippen molar-refractivity contribution in [3.8, 4) is 0 Å². The van der Waals surface area contributed by atoms with Gasteiger partial charge in [-0.3, -0.25) is 4.79 Å². The minimum atomic E-state index is -3.23. The first-order valence-electron chi connectivity index (χ1n) is 5.30. The first-order valence-corrected chi connectivity index (χ1v) is 7.45. The number of hydrogen-bond donors (Lipinski definition) is 1. The molecule has 0 aliphatic carbocycles. The molecule has 1 aliphatic heterocycles. The zero-order valence-corrected chi connectivity index (χ0v) is 10.6. The average molecular weight is 269 g/mol. The number of halogens is 1. The Balaban J connectivity index is 2.48. The summed E-state index contributed by atoms with van der Waals surface area (Å²) in [7, 11) is -3.23. The van der Waals surface area contributed by atoms with Crippen molar-refractivity contribution >= 4 is 27.5 Å². The number of carbonyl (C=O) groups excluding carboxylic acids is 1. The minimum Gasteiger partial charge on any atom is -0.369 e. The molecule has 94 valence electrons. The average Bonchev–Trinajstić information content (AvgIpc) is 2.67. The molecule has 1 aliphatic rings. The molecular weight excluding hydrogens is 252 g/mol. The van der Waals surface area contributed by atoms with Crippen molar-refractivity contribution in [1.29, 1.82) is 0 Å². The van der Waals surface area contributed by atoms with E-state index in [1.807, 2.05) is 0 Å². The van der Waals surface area contributed by atoms with Crippen LogP contribution in [0.5, 0.6) is 0 Å². The molecule has 1 heterocycles. The van der Waals surface area contributed by atoms with E-state index in [0.29, 0.717) is 31.7 Å². The Hall–Kier alpha value is -0.330. The SMILES string of the molecule is NC(=O)C1CCN(S(=O)(=O)CCCCCl)C1. The number of carbonyl (C=O) groups is 1. The summed E-state index contributed by atoms with van der Waals surface area (Å²) in [5.74, 6) is -0.175. The highest BCUT2D eigenvalue weighted by Gasteiger charge is 2.33. The van der Waals surface area contributed by atoms with Crippen molar-refractivity contribution in [2.75, 3.05) is 24.7 Å². The zero-order valence-electron chi connectivity index (χ0n) is 9.06. The van der Waals surface area contributed by atoms with E-state index in [9.17, 15) is 13.2 Å². The molecule has 0 aromatic rings. The van der Waals surface area contributed by atoms with Crippen LogP contribution in [0.4, 0.5) is 0 Å². The maximum atomic E-state index is 11.8. The molecule has 1 saturated heterocycles. The summed E-state index contributed by atoms with van der Waals surface area (Å²) in [6.07, 6.45) is 1.78. The van der Waals surface area contributed by atoms with Crippen LogP contribution < -0.4 is 5.73 Å². The number of hydrogen-bond acceptors (Lipinski definition) is 3. The van der Waals surface area contributed by atoms with Crippen molar-refractivity contribution in [2.45, 2.75) is 19.3 Å². The van der Waals surface area contributed by atoms with Crippen LogP contribution in [0.15, 0.2) is 0 Å². The van der Waals surface area contributed by atoms with Crippen LogP contribution in [0.25, 0.3) is 0 Å². The van der Waals surface area contributed by atoms with Crippen LogP contribution in [-0.4, -0.2) is 43.4 Å². The Labute approximate surface area is 101 Å². The number of nitrogens with zero attached hydrogens (tertiary/aromatic N) is 1. The molecule has 7 heteroatoms. The molecule has 1 fully saturated rings. The van der Waals surface area contributed by atoms with Crippen LogP contribution in [0, 0.1) is 5.92 Å². The van der Waals surface area contributed by atoms with Gasteiger partial charge in [0.05, 0.1) is 11.7 Å². The number of sulfonamides is 1. The molecule has 0 saturated carbocycles. The Morgan fingerprint density at radius 3 is 2.62 bits per heavy atom. The summed E-state index contributed by atoms with van der Waals surface area (Å²) in [5, 5.41) is 0. The summed E-state index contributed by atoms with van der Waals surface area (Å²) in [6.45, 7) is 0.634. The molecule has 1 unspecified atom stereocenters. The maximum Gasteiger partial charge on any atom is 0.221 e. The van der Waals surface area contributed by atoms with Gasteiger partial charge < -0.3 is 5.73 Å². The highest BCUT2D eigenvalue weighted by molar-refractivity contribution is 7.89. The summed E-state index contributed by atoms with van der Waals surface area (Å²) in [4.78, 5) is 10.9. The Morgan fingerprint density at radius 1 is 1.44 bits per heavy atom. The fraction of sp³-hybridized carbons (Fsp3) is 0.889. The monoisotopic (exact) mass is 268 g/mol. The Bertz CT molecular complexity index is 345. The molecule has 1 atom stereocenters. The molecule has 0 bridgehead atoms. The molecule has 1 rings (SSSR count). The van der Waals surface area contributed by atoms with Gasteiger partial charge in [0.1, 0.15) is 0 Å². The van der Waals surface area contributed by atoms with Crippen LogP contribution in [0.3, 0.4) is 0 Å². The number of alkyl halides is 1. The fourth-order valence-electron chi connectivity index (χ4n) is 1.72. The zero-order chi connectivity index (χ0) is 12.2. The van der Waals surface area contributed by atoms with E-state index >= 15 is 0 Å². The van der Waals surface area contributed by atoms with Gasteiger partial charge in [0.15, 0.2) is 0 Å². The van der Waals surface area contributed by atoms with Gasteiger partial charge in [-0.25, -0.2) is 12.7 Å². The third kappa shape index (κ3) is 3.61. The van der Waals surface area contributed by atoms with E-state index in [1.165, 1.54) is 4.31 Å². The standard InChI is InChI=1S/C9H17ClN2O3S/c10-4-1-2-6-16(14,15)12-5-3-8(7-12)9(11)13/h8H,1-7H2,(H2,11,13). The second-order valence-electron chi connectivity index (χ2n) is 3.96. The topological polar surface area (TPSA) is 80.5 Å². The van der Waals surface area contributed by atoms with Crippen LogP contribution in [0.2, 0.25) is 0 Å². The molecular formula is C9H17ClN2O3S. The third-order valence-corrected chi connectivity index (χ3v) is 4.92.